The molecule has 1 aliphatic heterocycles. The Morgan fingerprint density at radius 3 is 2.69 bits per heavy atom. The summed E-state index contributed by atoms with van der Waals surface area (Å²) in [6.07, 6.45) is 0. The van der Waals surface area contributed by atoms with Gasteiger partial charge in [-0.1, -0.05) is 0 Å². The van der Waals surface area contributed by atoms with Crippen molar-refractivity contribution in [3.05, 3.63) is 0 Å². The molecule has 0 amide bonds. The largest absolute Gasteiger partial charge is 0.395 e. The van der Waals surface area contributed by atoms with Crippen LogP contribution in [0.2, 0.25) is 0 Å². The molecular formula is C9H21N3O. The van der Waals surface area contributed by atoms with Gasteiger partial charge in [0.2, 0.25) is 0 Å². The van der Waals surface area contributed by atoms with Crippen LogP contribution in [0.1, 0.15) is 6.92 Å². The van der Waals surface area contributed by atoms with Crippen LogP contribution in [0.3, 0.4) is 0 Å². The summed E-state index contributed by atoms with van der Waals surface area (Å²) in [5, 5.41) is 9.10. The van der Waals surface area contributed by atoms with Crippen molar-refractivity contribution in [2.45, 2.75) is 19.0 Å². The van der Waals surface area contributed by atoms with Crippen LogP contribution in [0.15, 0.2) is 0 Å². The Bertz CT molecular complexity index is 150. The van der Waals surface area contributed by atoms with Gasteiger partial charge in [0.25, 0.3) is 0 Å². The minimum Gasteiger partial charge on any atom is -0.395 e. The minimum atomic E-state index is 0.149. The lowest BCUT2D eigenvalue weighted by Gasteiger charge is -2.40. The lowest BCUT2D eigenvalue weighted by atomic mass is 10.1. The van der Waals surface area contributed by atoms with Crippen molar-refractivity contribution in [3.63, 3.8) is 0 Å². The highest BCUT2D eigenvalue weighted by molar-refractivity contribution is 4.81. The first-order valence-electron chi connectivity index (χ1n) is 4.94. The molecule has 1 aliphatic rings. The van der Waals surface area contributed by atoms with E-state index in [9.17, 15) is 0 Å². The molecule has 78 valence electrons. The van der Waals surface area contributed by atoms with Gasteiger partial charge in [-0.15, -0.1) is 0 Å². The van der Waals surface area contributed by atoms with Crippen LogP contribution in [-0.2, 0) is 0 Å². The molecule has 13 heavy (non-hydrogen) atoms. The van der Waals surface area contributed by atoms with Crippen molar-refractivity contribution in [1.82, 2.24) is 9.80 Å². The van der Waals surface area contributed by atoms with Gasteiger partial charge in [-0.2, -0.15) is 0 Å². The van der Waals surface area contributed by atoms with E-state index < -0.39 is 0 Å². The van der Waals surface area contributed by atoms with Crippen LogP contribution in [0.25, 0.3) is 0 Å². The zero-order valence-corrected chi connectivity index (χ0v) is 8.61. The second kappa shape index (κ2) is 4.91. The molecule has 1 fully saturated rings. The zero-order valence-electron chi connectivity index (χ0n) is 8.61. The topological polar surface area (TPSA) is 52.7 Å². The molecule has 0 bridgehead atoms. The second-order valence-corrected chi connectivity index (χ2v) is 3.90. The fourth-order valence-corrected chi connectivity index (χ4v) is 1.75. The quantitative estimate of drug-likeness (QED) is 0.591. The van der Waals surface area contributed by atoms with Crippen molar-refractivity contribution in [1.29, 1.82) is 0 Å². The van der Waals surface area contributed by atoms with E-state index in [2.05, 4.69) is 23.8 Å². The molecule has 1 heterocycles. The summed E-state index contributed by atoms with van der Waals surface area (Å²) < 4.78 is 0. The maximum absolute atomic E-state index is 9.10. The van der Waals surface area contributed by atoms with Crippen LogP contribution in [0.5, 0.6) is 0 Å². The summed E-state index contributed by atoms with van der Waals surface area (Å²) in [6, 6.07) is 0.713. The lowest BCUT2D eigenvalue weighted by Crippen LogP contribution is -2.56. The van der Waals surface area contributed by atoms with Crippen molar-refractivity contribution < 1.29 is 5.11 Å². The first-order valence-corrected chi connectivity index (χ1v) is 4.94. The van der Waals surface area contributed by atoms with Gasteiger partial charge in [0.05, 0.1) is 6.61 Å². The van der Waals surface area contributed by atoms with E-state index in [4.69, 9.17) is 10.8 Å². The van der Waals surface area contributed by atoms with Gasteiger partial charge < -0.3 is 15.7 Å². The number of aliphatic hydroxyl groups excluding tert-OH is 1. The molecule has 1 saturated heterocycles. The molecule has 4 heteroatoms. The van der Waals surface area contributed by atoms with Crippen molar-refractivity contribution >= 4 is 0 Å². The maximum atomic E-state index is 9.10. The molecule has 0 spiro atoms. The van der Waals surface area contributed by atoms with Crippen LogP contribution in [-0.4, -0.2) is 66.8 Å². The van der Waals surface area contributed by atoms with Crippen molar-refractivity contribution in [3.8, 4) is 0 Å². The Labute approximate surface area is 80.3 Å². The van der Waals surface area contributed by atoms with Crippen molar-refractivity contribution in [2.75, 3.05) is 39.8 Å². The van der Waals surface area contributed by atoms with E-state index in [0.717, 1.165) is 19.6 Å². The summed E-state index contributed by atoms with van der Waals surface area (Å²) in [5.74, 6) is 0. The highest BCUT2D eigenvalue weighted by Gasteiger charge is 2.24. The van der Waals surface area contributed by atoms with Gasteiger partial charge in [-0.05, 0) is 14.0 Å². The first-order chi connectivity index (χ1) is 6.19. The third-order valence-corrected chi connectivity index (χ3v) is 2.99. The highest BCUT2D eigenvalue weighted by atomic mass is 16.3. The molecule has 3 N–H and O–H groups in total. The molecule has 2 atom stereocenters. The third-order valence-electron chi connectivity index (χ3n) is 2.99. The average Bonchev–Trinajstić information content (AvgIpc) is 2.13. The van der Waals surface area contributed by atoms with E-state index >= 15 is 0 Å². The fraction of sp³-hybridized carbons (Fsp3) is 1.00. The molecular weight excluding hydrogens is 166 g/mol. The molecule has 0 saturated carbocycles. The number of nitrogens with zero attached hydrogens (tertiary/aromatic N) is 2. The Hall–Kier alpha value is -0.160. The van der Waals surface area contributed by atoms with Crippen molar-refractivity contribution in [2.24, 2.45) is 5.73 Å². The van der Waals surface area contributed by atoms with E-state index in [1.54, 1.807) is 0 Å². The molecule has 1 rings (SSSR count). The van der Waals surface area contributed by atoms with Gasteiger partial charge in [0.15, 0.2) is 0 Å². The SMILES string of the molecule is CC1CN(C(CN)CO)CCN1C. The molecule has 0 aliphatic carbocycles. The minimum absolute atomic E-state index is 0.149. The fourth-order valence-electron chi connectivity index (χ4n) is 1.75. The summed E-state index contributed by atoms with van der Waals surface area (Å²) in [7, 11) is 2.14. The number of piperazine rings is 1. The molecule has 0 radical (unpaired) electrons. The monoisotopic (exact) mass is 187 g/mol. The van der Waals surface area contributed by atoms with E-state index in [-0.39, 0.29) is 12.6 Å². The normalized spacial score (nSPS) is 29.1. The van der Waals surface area contributed by atoms with Gasteiger partial charge in [-0.25, -0.2) is 0 Å². The highest BCUT2D eigenvalue weighted by Crippen LogP contribution is 2.09. The van der Waals surface area contributed by atoms with Gasteiger partial charge in [0, 0.05) is 38.3 Å². The summed E-state index contributed by atoms with van der Waals surface area (Å²) >= 11 is 0. The van der Waals surface area contributed by atoms with E-state index in [1.165, 1.54) is 0 Å². The maximum Gasteiger partial charge on any atom is 0.0599 e. The van der Waals surface area contributed by atoms with Gasteiger partial charge in [-0.3, -0.25) is 4.90 Å². The number of hydrogen-bond acceptors (Lipinski definition) is 4. The van der Waals surface area contributed by atoms with Gasteiger partial charge >= 0.3 is 0 Å². The Balaban J connectivity index is 2.44. The Morgan fingerprint density at radius 2 is 2.23 bits per heavy atom. The average molecular weight is 187 g/mol. The van der Waals surface area contributed by atoms with Crippen LogP contribution < -0.4 is 5.73 Å². The molecule has 0 aromatic rings. The number of nitrogens with two attached hydrogens (primary N) is 1. The summed E-state index contributed by atoms with van der Waals surface area (Å²) in [6.45, 7) is 6.02. The van der Waals surface area contributed by atoms with E-state index in [1.807, 2.05) is 0 Å². The Morgan fingerprint density at radius 1 is 1.54 bits per heavy atom. The Kier molecular flexibility index (Phi) is 4.12. The van der Waals surface area contributed by atoms with Crippen LogP contribution in [0, 0.1) is 0 Å². The third kappa shape index (κ3) is 2.64. The molecule has 0 aromatic heterocycles. The summed E-state index contributed by atoms with van der Waals surface area (Å²) in [5.41, 5.74) is 5.58. The van der Waals surface area contributed by atoms with E-state index in [0.29, 0.717) is 12.6 Å². The van der Waals surface area contributed by atoms with Crippen LogP contribution >= 0.6 is 0 Å². The molecule has 2 unspecified atom stereocenters. The number of hydrogen-bond donors (Lipinski definition) is 2. The number of rotatable bonds is 3. The van der Waals surface area contributed by atoms with Crippen LogP contribution in [0.4, 0.5) is 0 Å². The number of likely N-dealkylation sites (N-methyl/N-ethyl adjacent to an activating group) is 1. The standard InChI is InChI=1S/C9H21N3O/c1-8-6-12(4-3-11(8)2)9(5-10)7-13/h8-9,13H,3-7,10H2,1-2H3. The molecule has 0 aromatic carbocycles. The zero-order chi connectivity index (χ0) is 9.84. The van der Waals surface area contributed by atoms with Gasteiger partial charge in [0.1, 0.15) is 0 Å². The second-order valence-electron chi connectivity index (χ2n) is 3.90. The number of aliphatic hydroxyl groups is 1. The smallest absolute Gasteiger partial charge is 0.0599 e. The summed E-state index contributed by atoms with van der Waals surface area (Å²) in [4.78, 5) is 4.62. The molecule has 4 nitrogen and oxygen atoms in total. The first kappa shape index (κ1) is 10.9. The lowest BCUT2D eigenvalue weighted by molar-refractivity contribution is 0.0503. The predicted molar refractivity (Wildman–Crippen MR) is 53.6 cm³/mol. The predicted octanol–water partition coefficient (Wildman–Crippen LogP) is -1.06.